The maximum Gasteiger partial charge on any atom is 0.230 e. The van der Waals surface area contributed by atoms with E-state index in [1.54, 1.807) is 0 Å². The van der Waals surface area contributed by atoms with Gasteiger partial charge in [-0.15, -0.1) is 0 Å². The molecule has 0 saturated carbocycles. The number of ether oxygens (including phenoxy) is 2. The van der Waals surface area contributed by atoms with Crippen molar-refractivity contribution in [1.82, 2.24) is 10.2 Å². The lowest BCUT2D eigenvalue weighted by Gasteiger charge is -2.34. The Labute approximate surface area is 183 Å². The molecule has 1 unspecified atom stereocenters. The summed E-state index contributed by atoms with van der Waals surface area (Å²) in [6.45, 7) is 4.50. The van der Waals surface area contributed by atoms with Crippen molar-refractivity contribution in [2.75, 3.05) is 26.3 Å². The Balaban J connectivity index is 1.27. The van der Waals surface area contributed by atoms with Gasteiger partial charge in [0, 0.05) is 19.1 Å². The monoisotopic (exact) mass is 422 g/mol. The zero-order chi connectivity index (χ0) is 21.6. The molecule has 0 aromatic heterocycles. The Bertz CT molecular complexity index is 907. The number of hydrogen-bond acceptors (Lipinski definition) is 4. The third-order valence-electron chi connectivity index (χ3n) is 6.05. The molecule has 2 amide bonds. The number of rotatable bonds is 6. The number of hydrogen-bond donors (Lipinski definition) is 1. The normalized spacial score (nSPS) is 17.1. The number of amides is 2. The van der Waals surface area contributed by atoms with E-state index < -0.39 is 0 Å². The summed E-state index contributed by atoms with van der Waals surface area (Å²) in [5, 5.41) is 3.13. The summed E-state index contributed by atoms with van der Waals surface area (Å²) < 4.78 is 11.1. The van der Waals surface area contributed by atoms with Gasteiger partial charge in [-0.1, -0.05) is 43.3 Å². The van der Waals surface area contributed by atoms with Crippen molar-refractivity contribution < 1.29 is 19.1 Å². The highest BCUT2D eigenvalue weighted by Crippen LogP contribution is 2.31. The highest BCUT2D eigenvalue weighted by molar-refractivity contribution is 5.84. The van der Waals surface area contributed by atoms with Crippen molar-refractivity contribution in [2.45, 2.75) is 44.6 Å². The Morgan fingerprint density at radius 3 is 2.45 bits per heavy atom. The minimum absolute atomic E-state index is 0.00262. The molecule has 2 aliphatic rings. The molecule has 2 aliphatic heterocycles. The first kappa shape index (κ1) is 21.2. The molecule has 6 nitrogen and oxygen atoms in total. The molecule has 0 aliphatic carbocycles. The van der Waals surface area contributed by atoms with Crippen LogP contribution in [-0.2, 0) is 16.0 Å². The molecule has 0 bridgehead atoms. The summed E-state index contributed by atoms with van der Waals surface area (Å²) in [7, 11) is 0. The minimum Gasteiger partial charge on any atom is -0.486 e. The molecular weight excluding hydrogens is 392 g/mol. The second-order valence-corrected chi connectivity index (χ2v) is 8.19. The first-order valence-electron chi connectivity index (χ1n) is 11.2. The third kappa shape index (κ3) is 5.19. The second-order valence-electron chi connectivity index (χ2n) is 8.19. The zero-order valence-corrected chi connectivity index (χ0v) is 18.0. The predicted octanol–water partition coefficient (Wildman–Crippen LogP) is 3.30. The van der Waals surface area contributed by atoms with E-state index in [9.17, 15) is 9.59 Å². The molecule has 164 valence electrons. The molecule has 1 fully saturated rings. The van der Waals surface area contributed by atoms with E-state index >= 15 is 0 Å². The summed E-state index contributed by atoms with van der Waals surface area (Å²) in [5.74, 6) is 1.52. The highest BCUT2D eigenvalue weighted by Gasteiger charge is 2.28. The van der Waals surface area contributed by atoms with Gasteiger partial charge >= 0.3 is 0 Å². The summed E-state index contributed by atoms with van der Waals surface area (Å²) in [4.78, 5) is 27.5. The van der Waals surface area contributed by atoms with E-state index in [-0.39, 0.29) is 23.8 Å². The van der Waals surface area contributed by atoms with E-state index in [1.165, 1.54) is 0 Å². The van der Waals surface area contributed by atoms with Crippen LogP contribution in [0, 0.1) is 0 Å². The van der Waals surface area contributed by atoms with Gasteiger partial charge in [0.05, 0.1) is 12.3 Å². The van der Waals surface area contributed by atoms with Gasteiger partial charge < -0.3 is 19.7 Å². The summed E-state index contributed by atoms with van der Waals surface area (Å²) in [5.41, 5.74) is 1.98. The Morgan fingerprint density at radius 2 is 1.74 bits per heavy atom. The summed E-state index contributed by atoms with van der Waals surface area (Å²) in [6, 6.07) is 15.7. The maximum absolute atomic E-state index is 13.0. The average molecular weight is 423 g/mol. The molecule has 2 heterocycles. The van der Waals surface area contributed by atoms with E-state index in [1.807, 2.05) is 53.4 Å². The number of likely N-dealkylation sites (tertiary alicyclic amines) is 1. The first-order chi connectivity index (χ1) is 15.1. The van der Waals surface area contributed by atoms with Gasteiger partial charge in [-0.2, -0.15) is 0 Å². The SMILES string of the molecule is CCC(C(=O)N1CCC(NC(=O)Cc2ccc3c(c2)OCCO3)CC1)c1ccccc1. The molecule has 2 aromatic rings. The molecule has 31 heavy (non-hydrogen) atoms. The largest absolute Gasteiger partial charge is 0.486 e. The Morgan fingerprint density at radius 1 is 1.03 bits per heavy atom. The van der Waals surface area contributed by atoms with Crippen LogP contribution in [0.3, 0.4) is 0 Å². The molecule has 2 aromatic carbocycles. The molecule has 1 atom stereocenters. The standard InChI is InChI=1S/C25H30N2O4/c1-2-21(19-6-4-3-5-7-19)25(29)27-12-10-20(11-13-27)26-24(28)17-18-8-9-22-23(16-18)31-15-14-30-22/h3-9,16,20-21H,2,10-15,17H2,1H3,(H,26,28). The van der Waals surface area contributed by atoms with E-state index in [4.69, 9.17) is 9.47 Å². The van der Waals surface area contributed by atoms with E-state index in [0.29, 0.717) is 38.5 Å². The topological polar surface area (TPSA) is 67.9 Å². The third-order valence-corrected chi connectivity index (χ3v) is 6.05. The quantitative estimate of drug-likeness (QED) is 0.776. The number of fused-ring (bicyclic) bond motifs is 1. The highest BCUT2D eigenvalue weighted by atomic mass is 16.6. The van der Waals surface area contributed by atoms with Crippen LogP contribution in [0.1, 0.15) is 43.2 Å². The van der Waals surface area contributed by atoms with Crippen molar-refractivity contribution >= 4 is 11.8 Å². The molecule has 4 rings (SSSR count). The van der Waals surface area contributed by atoms with E-state index in [0.717, 1.165) is 36.1 Å². The van der Waals surface area contributed by atoms with Crippen LogP contribution in [0.25, 0.3) is 0 Å². The van der Waals surface area contributed by atoms with Crippen molar-refractivity contribution in [2.24, 2.45) is 0 Å². The van der Waals surface area contributed by atoms with Crippen LogP contribution in [-0.4, -0.2) is 49.1 Å². The number of nitrogens with zero attached hydrogens (tertiary/aromatic N) is 1. The van der Waals surface area contributed by atoms with Gasteiger partial charge in [0.15, 0.2) is 11.5 Å². The summed E-state index contributed by atoms with van der Waals surface area (Å²) >= 11 is 0. The lowest BCUT2D eigenvalue weighted by atomic mass is 9.93. The molecule has 1 N–H and O–H groups in total. The van der Waals surface area contributed by atoms with Crippen LogP contribution in [0.15, 0.2) is 48.5 Å². The van der Waals surface area contributed by atoms with Crippen molar-refractivity contribution in [3.05, 3.63) is 59.7 Å². The molecular formula is C25H30N2O4. The van der Waals surface area contributed by atoms with Crippen LogP contribution in [0.5, 0.6) is 11.5 Å². The van der Waals surface area contributed by atoms with Gasteiger partial charge in [-0.25, -0.2) is 0 Å². The zero-order valence-electron chi connectivity index (χ0n) is 18.0. The smallest absolute Gasteiger partial charge is 0.230 e. The number of carbonyl (C=O) groups is 2. The molecule has 1 saturated heterocycles. The van der Waals surface area contributed by atoms with Crippen LogP contribution >= 0.6 is 0 Å². The predicted molar refractivity (Wildman–Crippen MR) is 118 cm³/mol. The Kier molecular flexibility index (Phi) is 6.75. The van der Waals surface area contributed by atoms with Crippen molar-refractivity contribution in [3.63, 3.8) is 0 Å². The maximum atomic E-state index is 13.0. The number of nitrogens with one attached hydrogen (secondary N) is 1. The molecule has 6 heteroatoms. The minimum atomic E-state index is -0.0949. The van der Waals surface area contributed by atoms with E-state index in [2.05, 4.69) is 12.2 Å². The molecule has 0 radical (unpaired) electrons. The Hall–Kier alpha value is -3.02. The number of piperidine rings is 1. The fourth-order valence-corrected chi connectivity index (χ4v) is 4.36. The van der Waals surface area contributed by atoms with Gasteiger partial charge in [0.2, 0.25) is 11.8 Å². The van der Waals surface area contributed by atoms with Gasteiger partial charge in [0.1, 0.15) is 13.2 Å². The first-order valence-corrected chi connectivity index (χ1v) is 11.2. The number of benzene rings is 2. The van der Waals surface area contributed by atoms with Crippen LogP contribution < -0.4 is 14.8 Å². The average Bonchev–Trinajstić information content (AvgIpc) is 2.80. The van der Waals surface area contributed by atoms with Gasteiger partial charge in [-0.3, -0.25) is 9.59 Å². The van der Waals surface area contributed by atoms with Crippen molar-refractivity contribution in [1.29, 1.82) is 0 Å². The van der Waals surface area contributed by atoms with Crippen LogP contribution in [0.2, 0.25) is 0 Å². The fourth-order valence-electron chi connectivity index (χ4n) is 4.36. The van der Waals surface area contributed by atoms with Crippen molar-refractivity contribution in [3.8, 4) is 11.5 Å². The van der Waals surface area contributed by atoms with Crippen LogP contribution in [0.4, 0.5) is 0 Å². The number of carbonyl (C=O) groups excluding carboxylic acids is 2. The second kappa shape index (κ2) is 9.86. The van der Waals surface area contributed by atoms with Gasteiger partial charge in [-0.05, 0) is 42.5 Å². The lowest BCUT2D eigenvalue weighted by molar-refractivity contribution is -0.134. The fraction of sp³-hybridized carbons (Fsp3) is 0.440. The van der Waals surface area contributed by atoms with Gasteiger partial charge in [0.25, 0.3) is 0 Å². The molecule has 0 spiro atoms. The summed E-state index contributed by atoms with van der Waals surface area (Å²) in [6.07, 6.45) is 2.66. The lowest BCUT2D eigenvalue weighted by Crippen LogP contribution is -2.48.